The van der Waals surface area contributed by atoms with Gasteiger partial charge >= 0.3 is 0 Å². The molecule has 1 heterocycles. The molecule has 2 aromatic rings. The summed E-state index contributed by atoms with van der Waals surface area (Å²) in [7, 11) is 1.68. The highest BCUT2D eigenvalue weighted by molar-refractivity contribution is 6.35. The lowest BCUT2D eigenvalue weighted by Crippen LogP contribution is -3.19. The summed E-state index contributed by atoms with van der Waals surface area (Å²) >= 11 is 12.0. The Kier molecular flexibility index (Phi) is 6.47. The van der Waals surface area contributed by atoms with Crippen LogP contribution in [0.5, 0.6) is 5.75 Å². The molecule has 1 aliphatic heterocycles. The predicted octanol–water partition coefficient (Wildman–Crippen LogP) is 2.73. The number of piperazine rings is 1. The third kappa shape index (κ3) is 5.06. The van der Waals surface area contributed by atoms with E-state index in [4.69, 9.17) is 27.9 Å². The zero-order chi connectivity index (χ0) is 19.4. The first-order valence-corrected chi connectivity index (χ1v) is 9.72. The maximum Gasteiger partial charge on any atom is 0.282 e. The number of halogens is 2. The van der Waals surface area contributed by atoms with E-state index in [-0.39, 0.29) is 11.9 Å². The lowest BCUT2D eigenvalue weighted by molar-refractivity contribution is -0.914. The molecule has 2 N–H and O–H groups in total. The molecular weight excluding hydrogens is 385 g/mol. The minimum atomic E-state index is -0.157. The van der Waals surface area contributed by atoms with E-state index in [1.807, 2.05) is 25.1 Å². The van der Waals surface area contributed by atoms with Crippen molar-refractivity contribution < 1.29 is 14.4 Å². The fourth-order valence-electron chi connectivity index (χ4n) is 3.35. The molecule has 1 fully saturated rings. The van der Waals surface area contributed by atoms with Gasteiger partial charge in [-0.2, -0.15) is 0 Å². The number of quaternary nitrogens is 1. The van der Waals surface area contributed by atoms with Gasteiger partial charge in [-0.1, -0.05) is 29.3 Å². The fraction of sp³-hybridized carbons (Fsp3) is 0.350. The van der Waals surface area contributed by atoms with E-state index in [9.17, 15) is 4.79 Å². The van der Waals surface area contributed by atoms with Gasteiger partial charge in [0.15, 0.2) is 6.04 Å². The number of hydrogen-bond donors (Lipinski definition) is 2. The largest absolute Gasteiger partial charge is 0.497 e. The number of anilines is 2. The summed E-state index contributed by atoms with van der Waals surface area (Å²) in [5, 5.41) is 3.93. The highest BCUT2D eigenvalue weighted by Crippen LogP contribution is 2.23. The topological polar surface area (TPSA) is 46.0 Å². The van der Waals surface area contributed by atoms with Crippen LogP contribution >= 0.6 is 23.2 Å². The van der Waals surface area contributed by atoms with Gasteiger partial charge in [0.05, 0.1) is 33.3 Å². The predicted molar refractivity (Wildman–Crippen MR) is 110 cm³/mol. The monoisotopic (exact) mass is 408 g/mol. The second-order valence-electron chi connectivity index (χ2n) is 6.72. The van der Waals surface area contributed by atoms with Crippen LogP contribution < -0.4 is 19.9 Å². The van der Waals surface area contributed by atoms with Crippen LogP contribution in [0, 0.1) is 0 Å². The highest BCUT2D eigenvalue weighted by atomic mass is 35.5. The fourth-order valence-corrected chi connectivity index (χ4v) is 3.88. The quantitative estimate of drug-likeness (QED) is 0.799. The Labute approximate surface area is 169 Å². The second kappa shape index (κ2) is 8.83. The number of hydrogen-bond acceptors (Lipinski definition) is 3. The summed E-state index contributed by atoms with van der Waals surface area (Å²) in [6.45, 7) is 5.52. The van der Waals surface area contributed by atoms with Gasteiger partial charge in [0.1, 0.15) is 5.75 Å². The lowest BCUT2D eigenvalue weighted by Gasteiger charge is -2.36. The average molecular weight is 409 g/mol. The third-order valence-corrected chi connectivity index (χ3v) is 5.40. The van der Waals surface area contributed by atoms with Crippen molar-refractivity contribution in [2.45, 2.75) is 13.0 Å². The number of methoxy groups -OCH3 is 1. The molecule has 27 heavy (non-hydrogen) atoms. The van der Waals surface area contributed by atoms with E-state index in [0.717, 1.165) is 37.6 Å². The minimum Gasteiger partial charge on any atom is -0.497 e. The molecule has 1 saturated heterocycles. The third-order valence-electron chi connectivity index (χ3n) is 4.96. The molecule has 0 aliphatic carbocycles. The summed E-state index contributed by atoms with van der Waals surface area (Å²) in [5.41, 5.74) is 1.78. The maximum atomic E-state index is 12.6. The van der Waals surface area contributed by atoms with Crippen molar-refractivity contribution in [2.24, 2.45) is 0 Å². The van der Waals surface area contributed by atoms with E-state index in [0.29, 0.717) is 15.7 Å². The molecule has 144 valence electrons. The summed E-state index contributed by atoms with van der Waals surface area (Å²) in [6.07, 6.45) is 0. The molecule has 1 aliphatic rings. The number of amides is 1. The van der Waals surface area contributed by atoms with Crippen LogP contribution in [0.4, 0.5) is 11.4 Å². The van der Waals surface area contributed by atoms with Crippen LogP contribution in [-0.2, 0) is 4.79 Å². The normalized spacial score (nSPS) is 16.1. The molecule has 0 bridgehead atoms. The number of carbonyl (C=O) groups is 1. The van der Waals surface area contributed by atoms with Gasteiger partial charge in [0.25, 0.3) is 5.91 Å². The number of nitrogens with zero attached hydrogens (tertiary/aromatic N) is 1. The number of rotatable bonds is 5. The number of benzene rings is 2. The van der Waals surface area contributed by atoms with Gasteiger partial charge in [-0.25, -0.2) is 0 Å². The van der Waals surface area contributed by atoms with Gasteiger partial charge in [-0.15, -0.1) is 0 Å². The van der Waals surface area contributed by atoms with Crippen LogP contribution in [0.1, 0.15) is 6.92 Å². The first kappa shape index (κ1) is 19.8. The van der Waals surface area contributed by atoms with Gasteiger partial charge < -0.3 is 19.9 Å². The second-order valence-corrected chi connectivity index (χ2v) is 7.59. The molecule has 1 atom stereocenters. The van der Waals surface area contributed by atoms with Crippen LogP contribution in [0.2, 0.25) is 10.0 Å². The Morgan fingerprint density at radius 3 is 2.44 bits per heavy atom. The van der Waals surface area contributed by atoms with E-state index < -0.39 is 0 Å². The summed E-state index contributed by atoms with van der Waals surface area (Å²) in [4.78, 5) is 16.2. The average Bonchev–Trinajstić information content (AvgIpc) is 2.66. The highest BCUT2D eigenvalue weighted by Gasteiger charge is 2.29. The van der Waals surface area contributed by atoms with Crippen LogP contribution in [0.25, 0.3) is 0 Å². The molecular formula is C20H24Cl2N3O2+. The molecule has 0 saturated carbocycles. The van der Waals surface area contributed by atoms with E-state index in [1.165, 1.54) is 4.90 Å². The van der Waals surface area contributed by atoms with Gasteiger partial charge in [0, 0.05) is 27.5 Å². The SMILES string of the molecule is COc1cccc(N2CC[NH+]([C@H](C)C(=O)Nc3cc(Cl)cc(Cl)c3)CC2)c1. The van der Waals surface area contributed by atoms with Crippen molar-refractivity contribution >= 4 is 40.5 Å². The van der Waals surface area contributed by atoms with Crippen molar-refractivity contribution in [3.05, 3.63) is 52.5 Å². The Morgan fingerprint density at radius 1 is 1.15 bits per heavy atom. The molecule has 0 spiro atoms. The first-order chi connectivity index (χ1) is 13.0. The van der Waals surface area contributed by atoms with Gasteiger partial charge in [-0.05, 0) is 37.3 Å². The summed E-state index contributed by atoms with van der Waals surface area (Å²) in [6, 6.07) is 13.0. The molecule has 1 amide bonds. The standard InChI is InChI=1S/C20H23Cl2N3O2/c1-14(20(26)23-17-11-15(21)10-16(22)12-17)24-6-8-25(9-7-24)18-4-3-5-19(13-18)27-2/h3-5,10-14H,6-9H2,1-2H3,(H,23,26)/p+1/t14-/m1/s1. The van der Waals surface area contributed by atoms with Crippen LogP contribution in [0.15, 0.2) is 42.5 Å². The Hall–Kier alpha value is -1.95. The van der Waals surface area contributed by atoms with Crippen LogP contribution in [0.3, 0.4) is 0 Å². The number of nitrogens with one attached hydrogen (secondary N) is 2. The summed E-state index contributed by atoms with van der Waals surface area (Å²) < 4.78 is 5.31. The van der Waals surface area contributed by atoms with Crippen molar-refractivity contribution in [3.63, 3.8) is 0 Å². The zero-order valence-electron chi connectivity index (χ0n) is 15.5. The molecule has 5 nitrogen and oxygen atoms in total. The number of ether oxygens (including phenoxy) is 1. The van der Waals surface area contributed by atoms with Gasteiger partial charge in [0.2, 0.25) is 0 Å². The smallest absolute Gasteiger partial charge is 0.282 e. The van der Waals surface area contributed by atoms with Crippen molar-refractivity contribution in [1.82, 2.24) is 0 Å². The van der Waals surface area contributed by atoms with E-state index >= 15 is 0 Å². The Bertz CT molecular complexity index is 787. The lowest BCUT2D eigenvalue weighted by atomic mass is 10.2. The van der Waals surface area contributed by atoms with Crippen molar-refractivity contribution in [1.29, 1.82) is 0 Å². The molecule has 3 rings (SSSR count). The molecule has 0 aromatic heterocycles. The molecule has 0 radical (unpaired) electrons. The molecule has 0 unspecified atom stereocenters. The van der Waals surface area contributed by atoms with E-state index in [1.54, 1.807) is 25.3 Å². The molecule has 2 aromatic carbocycles. The first-order valence-electron chi connectivity index (χ1n) is 8.97. The van der Waals surface area contributed by atoms with Crippen molar-refractivity contribution in [3.8, 4) is 5.75 Å². The van der Waals surface area contributed by atoms with E-state index in [2.05, 4.69) is 16.3 Å². The number of carbonyl (C=O) groups excluding carboxylic acids is 1. The Balaban J connectivity index is 1.57. The zero-order valence-corrected chi connectivity index (χ0v) is 17.0. The van der Waals surface area contributed by atoms with Crippen molar-refractivity contribution in [2.75, 3.05) is 43.5 Å². The van der Waals surface area contributed by atoms with Crippen LogP contribution in [-0.4, -0.2) is 45.2 Å². The Morgan fingerprint density at radius 2 is 1.81 bits per heavy atom. The van der Waals surface area contributed by atoms with Gasteiger partial charge in [-0.3, -0.25) is 4.79 Å². The minimum absolute atomic E-state index is 0.0295. The maximum absolute atomic E-state index is 12.6. The summed E-state index contributed by atoms with van der Waals surface area (Å²) in [5.74, 6) is 0.827. The molecule has 7 heteroatoms.